The van der Waals surface area contributed by atoms with Crippen LogP contribution in [-0.2, 0) is 17.6 Å². The summed E-state index contributed by atoms with van der Waals surface area (Å²) in [5.41, 5.74) is 2.23. The molecule has 0 unspecified atom stereocenters. The van der Waals surface area contributed by atoms with Crippen LogP contribution in [0.2, 0.25) is 0 Å². The molecule has 190 valence electrons. The highest BCUT2D eigenvalue weighted by atomic mass is 19.1. The van der Waals surface area contributed by atoms with Crippen molar-refractivity contribution < 1.29 is 13.9 Å². The first kappa shape index (κ1) is 25.5. The van der Waals surface area contributed by atoms with E-state index < -0.39 is 11.7 Å². The molecule has 0 radical (unpaired) electrons. The molecule has 1 aliphatic heterocycles. The Hall–Kier alpha value is -3.62. The third-order valence-electron chi connectivity index (χ3n) is 5.93. The number of carbonyl (C=O) groups excluding carboxylic acids is 1. The Balaban J connectivity index is 1.44. The van der Waals surface area contributed by atoms with Gasteiger partial charge in [0.05, 0.1) is 11.4 Å². The molecular weight excluding hydrogens is 459 g/mol. The zero-order valence-electron chi connectivity index (χ0n) is 21.2. The number of aromatic nitrogens is 4. The summed E-state index contributed by atoms with van der Waals surface area (Å²) in [5, 5.41) is 2.85. The Kier molecular flexibility index (Phi) is 7.76. The molecule has 36 heavy (non-hydrogen) atoms. The minimum Gasteiger partial charge on any atom is -0.444 e. The van der Waals surface area contributed by atoms with Gasteiger partial charge in [-0.2, -0.15) is 0 Å². The van der Waals surface area contributed by atoms with E-state index in [1.54, 1.807) is 18.6 Å². The quantitative estimate of drug-likeness (QED) is 0.501. The molecule has 1 atom stereocenters. The van der Waals surface area contributed by atoms with E-state index >= 15 is 0 Å². The topological polar surface area (TPSA) is 93.1 Å². The highest BCUT2D eigenvalue weighted by Crippen LogP contribution is 2.26. The van der Waals surface area contributed by atoms with Crippen LogP contribution < -0.4 is 10.2 Å². The first-order valence-electron chi connectivity index (χ1n) is 12.2. The smallest absolute Gasteiger partial charge is 0.407 e. The SMILES string of the molecule is C[C@H](Cc1nc(Cc2cnccn2)cc(N2CC(CNC(=O)OC(C)(C)C)C2)n1)c1ccc(F)cc1. The van der Waals surface area contributed by atoms with Crippen LogP contribution in [0, 0.1) is 11.7 Å². The van der Waals surface area contributed by atoms with Crippen molar-refractivity contribution in [2.24, 2.45) is 5.92 Å². The molecule has 4 rings (SSSR count). The Morgan fingerprint density at radius 3 is 2.58 bits per heavy atom. The molecule has 1 N–H and O–H groups in total. The van der Waals surface area contributed by atoms with Crippen LogP contribution in [0.25, 0.3) is 0 Å². The van der Waals surface area contributed by atoms with Gasteiger partial charge in [-0.25, -0.2) is 19.2 Å². The maximum absolute atomic E-state index is 13.4. The van der Waals surface area contributed by atoms with Crippen molar-refractivity contribution in [1.82, 2.24) is 25.3 Å². The number of alkyl carbamates (subject to hydrolysis) is 1. The lowest BCUT2D eigenvalue weighted by Crippen LogP contribution is -2.52. The molecule has 3 aromatic rings. The lowest BCUT2D eigenvalue weighted by atomic mass is 9.97. The van der Waals surface area contributed by atoms with Crippen molar-refractivity contribution >= 4 is 11.9 Å². The zero-order chi connectivity index (χ0) is 25.7. The maximum atomic E-state index is 13.4. The van der Waals surface area contributed by atoms with E-state index in [4.69, 9.17) is 14.7 Å². The largest absolute Gasteiger partial charge is 0.444 e. The van der Waals surface area contributed by atoms with Crippen LogP contribution in [0.4, 0.5) is 15.0 Å². The summed E-state index contributed by atoms with van der Waals surface area (Å²) in [6.07, 6.45) is 5.85. The highest BCUT2D eigenvalue weighted by Gasteiger charge is 2.29. The van der Waals surface area contributed by atoms with Crippen molar-refractivity contribution in [3.63, 3.8) is 0 Å². The molecule has 0 saturated carbocycles. The number of ether oxygens (including phenoxy) is 1. The summed E-state index contributed by atoms with van der Waals surface area (Å²) in [6, 6.07) is 8.57. The lowest BCUT2D eigenvalue weighted by molar-refractivity contribution is 0.0516. The molecule has 8 nitrogen and oxygen atoms in total. The maximum Gasteiger partial charge on any atom is 0.407 e. The highest BCUT2D eigenvalue weighted by molar-refractivity contribution is 5.67. The standard InChI is InChI=1S/C27H33FN6O2/c1-18(20-5-7-21(28)8-6-20)11-24-32-22(12-23-15-29-9-10-30-23)13-25(33-24)34-16-19(17-34)14-31-26(35)36-27(2,3)4/h5-10,13,15,18-19H,11-12,14,16-17H2,1-4H3,(H,31,35)/t18-/m1/s1. The van der Waals surface area contributed by atoms with Crippen LogP contribution in [0.3, 0.4) is 0 Å². The van der Waals surface area contributed by atoms with E-state index in [-0.39, 0.29) is 11.7 Å². The number of hydrogen-bond donors (Lipinski definition) is 1. The van der Waals surface area contributed by atoms with E-state index in [2.05, 4.69) is 27.1 Å². The fourth-order valence-corrected chi connectivity index (χ4v) is 4.10. The van der Waals surface area contributed by atoms with Crippen molar-refractivity contribution in [2.45, 2.75) is 52.1 Å². The Morgan fingerprint density at radius 2 is 1.92 bits per heavy atom. The predicted molar refractivity (Wildman–Crippen MR) is 135 cm³/mol. The van der Waals surface area contributed by atoms with Gasteiger partial charge >= 0.3 is 6.09 Å². The van der Waals surface area contributed by atoms with Crippen LogP contribution in [-0.4, -0.2) is 51.3 Å². The lowest BCUT2D eigenvalue weighted by Gasteiger charge is -2.40. The number of carbonyl (C=O) groups is 1. The molecule has 0 aliphatic carbocycles. The van der Waals surface area contributed by atoms with Crippen molar-refractivity contribution in [1.29, 1.82) is 0 Å². The number of rotatable bonds is 8. The monoisotopic (exact) mass is 492 g/mol. The van der Waals surface area contributed by atoms with Crippen LogP contribution >= 0.6 is 0 Å². The fourth-order valence-electron chi connectivity index (χ4n) is 4.10. The molecule has 1 aromatic carbocycles. The first-order valence-corrected chi connectivity index (χ1v) is 12.2. The minimum atomic E-state index is -0.516. The summed E-state index contributed by atoms with van der Waals surface area (Å²) < 4.78 is 18.7. The molecule has 9 heteroatoms. The van der Waals surface area contributed by atoms with E-state index in [1.807, 2.05) is 39.0 Å². The predicted octanol–water partition coefficient (Wildman–Crippen LogP) is 4.30. The molecule has 0 bridgehead atoms. The Labute approximate surface area is 211 Å². The van der Waals surface area contributed by atoms with Gasteiger partial charge in [-0.05, 0) is 44.4 Å². The molecular formula is C27H33FN6O2. The van der Waals surface area contributed by atoms with Gasteiger partial charge in [0.1, 0.15) is 23.1 Å². The second kappa shape index (κ2) is 11.0. The van der Waals surface area contributed by atoms with Crippen molar-refractivity contribution in [3.8, 4) is 0 Å². The van der Waals surface area contributed by atoms with Crippen LogP contribution in [0.15, 0.2) is 48.9 Å². The zero-order valence-corrected chi connectivity index (χ0v) is 21.2. The number of benzene rings is 1. The molecule has 1 fully saturated rings. The van der Waals surface area contributed by atoms with E-state index in [0.717, 1.165) is 41.7 Å². The van der Waals surface area contributed by atoms with Gasteiger partial charge in [-0.1, -0.05) is 19.1 Å². The van der Waals surface area contributed by atoms with Crippen molar-refractivity contribution in [2.75, 3.05) is 24.5 Å². The first-order chi connectivity index (χ1) is 17.1. The molecule has 2 aromatic heterocycles. The van der Waals surface area contributed by atoms with Crippen LogP contribution in [0.1, 0.15) is 56.4 Å². The summed E-state index contributed by atoms with van der Waals surface area (Å²) in [4.78, 5) is 32.4. The summed E-state index contributed by atoms with van der Waals surface area (Å²) in [5.74, 6) is 1.80. The normalized spacial score (nSPS) is 14.8. The third-order valence-corrected chi connectivity index (χ3v) is 5.93. The number of amides is 1. The summed E-state index contributed by atoms with van der Waals surface area (Å²) >= 11 is 0. The van der Waals surface area contributed by atoms with Gasteiger partial charge in [0.2, 0.25) is 0 Å². The summed E-state index contributed by atoms with van der Waals surface area (Å²) in [7, 11) is 0. The molecule has 1 amide bonds. The third kappa shape index (κ3) is 7.19. The van der Waals surface area contributed by atoms with Crippen molar-refractivity contribution in [3.05, 3.63) is 77.5 Å². The van der Waals surface area contributed by atoms with E-state index in [0.29, 0.717) is 25.3 Å². The average molecular weight is 493 g/mol. The number of nitrogens with zero attached hydrogens (tertiary/aromatic N) is 5. The molecule has 0 spiro atoms. The van der Waals surface area contributed by atoms with E-state index in [9.17, 15) is 9.18 Å². The molecule has 3 heterocycles. The van der Waals surface area contributed by atoms with Gasteiger partial charge in [-0.15, -0.1) is 0 Å². The van der Waals surface area contributed by atoms with Gasteiger partial charge in [0.15, 0.2) is 0 Å². The number of hydrogen-bond acceptors (Lipinski definition) is 7. The number of anilines is 1. The Bertz CT molecular complexity index is 1160. The second-order valence-corrected chi connectivity index (χ2v) is 10.3. The van der Waals surface area contributed by atoms with Gasteiger partial charge < -0.3 is 15.0 Å². The van der Waals surface area contributed by atoms with Gasteiger partial charge in [0, 0.05) is 63.1 Å². The van der Waals surface area contributed by atoms with Gasteiger partial charge in [-0.3, -0.25) is 9.97 Å². The number of nitrogens with one attached hydrogen (secondary N) is 1. The van der Waals surface area contributed by atoms with Crippen LogP contribution in [0.5, 0.6) is 0 Å². The number of halogens is 1. The minimum absolute atomic E-state index is 0.132. The van der Waals surface area contributed by atoms with E-state index in [1.165, 1.54) is 12.1 Å². The molecule has 1 saturated heterocycles. The summed E-state index contributed by atoms with van der Waals surface area (Å²) in [6.45, 7) is 9.75. The second-order valence-electron chi connectivity index (χ2n) is 10.3. The average Bonchev–Trinajstić information content (AvgIpc) is 2.78. The fraction of sp³-hybridized carbons (Fsp3) is 0.444. The Morgan fingerprint density at radius 1 is 1.17 bits per heavy atom. The van der Waals surface area contributed by atoms with Gasteiger partial charge in [0.25, 0.3) is 0 Å². The molecule has 1 aliphatic rings.